The SMILES string of the molecule is CC1CN(CC(=O)Nc2cccc(Cl)c2Cl)CCC1O. The van der Waals surface area contributed by atoms with Crippen molar-refractivity contribution < 1.29 is 9.90 Å². The highest BCUT2D eigenvalue weighted by Crippen LogP contribution is 2.29. The van der Waals surface area contributed by atoms with Crippen LogP contribution in [0.1, 0.15) is 13.3 Å². The highest BCUT2D eigenvalue weighted by Gasteiger charge is 2.25. The number of nitrogens with one attached hydrogen (secondary N) is 1. The number of nitrogens with zero attached hydrogens (tertiary/aromatic N) is 1. The van der Waals surface area contributed by atoms with Crippen LogP contribution < -0.4 is 5.32 Å². The number of aliphatic hydroxyl groups excluding tert-OH is 1. The minimum atomic E-state index is -0.267. The number of hydrogen-bond donors (Lipinski definition) is 2. The van der Waals surface area contributed by atoms with E-state index in [2.05, 4.69) is 5.32 Å². The Morgan fingerprint density at radius 3 is 2.95 bits per heavy atom. The van der Waals surface area contributed by atoms with Crippen LogP contribution in [-0.2, 0) is 4.79 Å². The monoisotopic (exact) mass is 316 g/mol. The number of anilines is 1. The normalized spacial score (nSPS) is 23.6. The van der Waals surface area contributed by atoms with Gasteiger partial charge in [-0.3, -0.25) is 9.69 Å². The van der Waals surface area contributed by atoms with Gasteiger partial charge in [-0.05, 0) is 24.5 Å². The molecule has 1 saturated heterocycles. The number of amides is 1. The molecule has 110 valence electrons. The van der Waals surface area contributed by atoms with E-state index in [0.717, 1.165) is 13.1 Å². The van der Waals surface area contributed by atoms with E-state index in [9.17, 15) is 9.90 Å². The molecule has 0 radical (unpaired) electrons. The van der Waals surface area contributed by atoms with Gasteiger partial charge in [0.2, 0.25) is 5.91 Å². The van der Waals surface area contributed by atoms with Gasteiger partial charge in [0.05, 0.1) is 28.4 Å². The predicted molar refractivity (Wildman–Crippen MR) is 81.3 cm³/mol. The second-order valence-electron chi connectivity index (χ2n) is 5.22. The van der Waals surface area contributed by atoms with Gasteiger partial charge >= 0.3 is 0 Å². The van der Waals surface area contributed by atoms with Crippen LogP contribution in [0, 0.1) is 5.92 Å². The quantitative estimate of drug-likeness (QED) is 0.901. The van der Waals surface area contributed by atoms with Crippen molar-refractivity contribution >= 4 is 34.8 Å². The number of benzene rings is 1. The summed E-state index contributed by atoms with van der Waals surface area (Å²) in [5.41, 5.74) is 0.522. The summed E-state index contributed by atoms with van der Waals surface area (Å²) in [7, 11) is 0. The molecular weight excluding hydrogens is 299 g/mol. The fourth-order valence-electron chi connectivity index (χ4n) is 2.36. The molecule has 20 heavy (non-hydrogen) atoms. The first kappa shape index (κ1) is 15.6. The number of carbonyl (C=O) groups is 1. The minimum absolute atomic E-state index is 0.127. The third-order valence-electron chi connectivity index (χ3n) is 3.54. The molecule has 0 aromatic heterocycles. The number of halogens is 2. The lowest BCUT2D eigenvalue weighted by molar-refractivity contribution is -0.118. The molecule has 2 rings (SSSR count). The van der Waals surface area contributed by atoms with Gasteiger partial charge in [-0.2, -0.15) is 0 Å². The van der Waals surface area contributed by atoms with E-state index in [1.54, 1.807) is 18.2 Å². The van der Waals surface area contributed by atoms with E-state index in [1.807, 2.05) is 11.8 Å². The molecule has 6 heteroatoms. The van der Waals surface area contributed by atoms with Crippen molar-refractivity contribution in [3.63, 3.8) is 0 Å². The number of piperidine rings is 1. The van der Waals surface area contributed by atoms with E-state index in [0.29, 0.717) is 28.7 Å². The molecule has 2 unspecified atom stereocenters. The Morgan fingerprint density at radius 2 is 2.25 bits per heavy atom. The Morgan fingerprint density at radius 1 is 1.50 bits per heavy atom. The number of hydrogen-bond acceptors (Lipinski definition) is 3. The summed E-state index contributed by atoms with van der Waals surface area (Å²) in [6.07, 6.45) is 0.434. The summed E-state index contributed by atoms with van der Waals surface area (Å²) in [6, 6.07) is 5.13. The Bertz CT molecular complexity index is 496. The molecule has 1 aromatic carbocycles. The van der Waals surface area contributed by atoms with Crippen molar-refractivity contribution in [2.45, 2.75) is 19.4 Å². The number of aliphatic hydroxyl groups is 1. The van der Waals surface area contributed by atoms with Crippen LogP contribution in [0.5, 0.6) is 0 Å². The largest absolute Gasteiger partial charge is 0.393 e. The highest BCUT2D eigenvalue weighted by atomic mass is 35.5. The van der Waals surface area contributed by atoms with Crippen LogP contribution in [0.3, 0.4) is 0 Å². The van der Waals surface area contributed by atoms with Gasteiger partial charge in [-0.15, -0.1) is 0 Å². The molecule has 1 aromatic rings. The third kappa shape index (κ3) is 3.85. The number of rotatable bonds is 3. The molecule has 0 saturated carbocycles. The first-order valence-corrected chi connectivity index (χ1v) is 7.37. The molecule has 4 nitrogen and oxygen atoms in total. The summed E-state index contributed by atoms with van der Waals surface area (Å²) in [5.74, 6) is 0.0593. The first-order chi connectivity index (χ1) is 9.47. The molecule has 2 atom stereocenters. The maximum absolute atomic E-state index is 12.0. The topological polar surface area (TPSA) is 52.6 Å². The van der Waals surface area contributed by atoms with E-state index >= 15 is 0 Å². The molecule has 1 heterocycles. The maximum Gasteiger partial charge on any atom is 0.238 e. The minimum Gasteiger partial charge on any atom is -0.393 e. The summed E-state index contributed by atoms with van der Waals surface area (Å²) < 4.78 is 0. The van der Waals surface area contributed by atoms with E-state index in [4.69, 9.17) is 23.2 Å². The van der Waals surface area contributed by atoms with Gasteiger partial charge in [-0.1, -0.05) is 36.2 Å². The van der Waals surface area contributed by atoms with Crippen LogP contribution in [0.15, 0.2) is 18.2 Å². The molecule has 1 aliphatic rings. The fourth-order valence-corrected chi connectivity index (χ4v) is 2.70. The van der Waals surface area contributed by atoms with Gasteiger partial charge in [0.15, 0.2) is 0 Å². The highest BCUT2D eigenvalue weighted by molar-refractivity contribution is 6.43. The zero-order valence-electron chi connectivity index (χ0n) is 11.3. The summed E-state index contributed by atoms with van der Waals surface area (Å²) >= 11 is 11.9. The average molecular weight is 317 g/mol. The van der Waals surface area contributed by atoms with Crippen LogP contribution in [0.25, 0.3) is 0 Å². The Balaban J connectivity index is 1.91. The van der Waals surface area contributed by atoms with Crippen molar-refractivity contribution in [1.29, 1.82) is 0 Å². The van der Waals surface area contributed by atoms with Crippen molar-refractivity contribution in [3.05, 3.63) is 28.2 Å². The molecule has 2 N–H and O–H groups in total. The van der Waals surface area contributed by atoms with Crippen molar-refractivity contribution in [2.75, 3.05) is 25.0 Å². The van der Waals surface area contributed by atoms with Crippen molar-refractivity contribution in [1.82, 2.24) is 4.90 Å². The molecule has 0 bridgehead atoms. The lowest BCUT2D eigenvalue weighted by Crippen LogP contribution is -2.45. The lowest BCUT2D eigenvalue weighted by atomic mass is 9.97. The predicted octanol–water partition coefficient (Wildman–Crippen LogP) is 2.63. The van der Waals surface area contributed by atoms with Gasteiger partial charge in [0, 0.05) is 13.1 Å². The Labute approximate surface area is 128 Å². The molecule has 1 fully saturated rings. The second kappa shape index (κ2) is 6.76. The molecule has 1 amide bonds. The Kier molecular flexibility index (Phi) is 5.27. The van der Waals surface area contributed by atoms with E-state index in [1.165, 1.54) is 0 Å². The van der Waals surface area contributed by atoms with Gasteiger partial charge in [0.1, 0.15) is 0 Å². The maximum atomic E-state index is 12.0. The Hall–Kier alpha value is -0.810. The third-order valence-corrected chi connectivity index (χ3v) is 4.36. The van der Waals surface area contributed by atoms with Crippen LogP contribution in [-0.4, -0.2) is 41.7 Å². The molecule has 1 aliphatic heterocycles. The standard InChI is InChI=1S/C14H18Cl2N2O2/c1-9-7-18(6-5-12(9)19)8-13(20)17-11-4-2-3-10(15)14(11)16/h2-4,9,12,19H,5-8H2,1H3,(H,17,20). The fraction of sp³-hybridized carbons (Fsp3) is 0.500. The second-order valence-corrected chi connectivity index (χ2v) is 6.00. The van der Waals surface area contributed by atoms with Gasteiger partial charge in [0.25, 0.3) is 0 Å². The smallest absolute Gasteiger partial charge is 0.238 e. The van der Waals surface area contributed by atoms with Crippen LogP contribution in [0.2, 0.25) is 10.0 Å². The van der Waals surface area contributed by atoms with Gasteiger partial charge in [-0.25, -0.2) is 0 Å². The van der Waals surface area contributed by atoms with E-state index < -0.39 is 0 Å². The van der Waals surface area contributed by atoms with E-state index in [-0.39, 0.29) is 17.9 Å². The van der Waals surface area contributed by atoms with Crippen molar-refractivity contribution in [3.8, 4) is 0 Å². The summed E-state index contributed by atoms with van der Waals surface area (Å²) in [5, 5.41) is 13.2. The lowest BCUT2D eigenvalue weighted by Gasteiger charge is -2.33. The average Bonchev–Trinajstić information content (AvgIpc) is 2.39. The van der Waals surface area contributed by atoms with Crippen LogP contribution in [0.4, 0.5) is 5.69 Å². The van der Waals surface area contributed by atoms with Gasteiger partial charge < -0.3 is 10.4 Å². The summed E-state index contributed by atoms with van der Waals surface area (Å²) in [6.45, 7) is 3.72. The zero-order valence-corrected chi connectivity index (χ0v) is 12.8. The number of carbonyl (C=O) groups excluding carboxylic acids is 1. The first-order valence-electron chi connectivity index (χ1n) is 6.61. The molecular formula is C14H18Cl2N2O2. The number of likely N-dealkylation sites (tertiary alicyclic amines) is 1. The molecule has 0 spiro atoms. The van der Waals surface area contributed by atoms with Crippen LogP contribution >= 0.6 is 23.2 Å². The summed E-state index contributed by atoms with van der Waals surface area (Å²) in [4.78, 5) is 14.0. The zero-order chi connectivity index (χ0) is 14.7. The van der Waals surface area contributed by atoms with Crippen molar-refractivity contribution in [2.24, 2.45) is 5.92 Å². The molecule has 0 aliphatic carbocycles.